The molecule has 0 aromatic heterocycles. The van der Waals surface area contributed by atoms with Crippen LogP contribution in [0.15, 0.2) is 66.7 Å². The highest BCUT2D eigenvalue weighted by molar-refractivity contribution is 5.96. The molecule has 0 bridgehead atoms. The third-order valence-corrected chi connectivity index (χ3v) is 4.23. The van der Waals surface area contributed by atoms with Crippen LogP contribution in [0.25, 0.3) is 21.5 Å². The molecule has 4 aromatic rings. The minimum absolute atomic E-state index is 0.155. The minimum atomic E-state index is 0.155. The average Bonchev–Trinajstić information content (AvgIpc) is 2.64. The van der Waals surface area contributed by atoms with Gasteiger partial charge in [-0.25, -0.2) is 0 Å². The summed E-state index contributed by atoms with van der Waals surface area (Å²) in [5, 5.41) is 23.3. The van der Waals surface area contributed by atoms with E-state index in [1.165, 1.54) is 0 Å². The minimum Gasteiger partial charge on any atom is -0.507 e. The number of benzene rings is 4. The quantitative estimate of drug-likeness (QED) is 0.541. The summed E-state index contributed by atoms with van der Waals surface area (Å²) in [4.78, 5) is 0. The van der Waals surface area contributed by atoms with Crippen molar-refractivity contribution in [3.8, 4) is 28.7 Å². The number of hydrogen-bond donors (Lipinski definition) is 2. The van der Waals surface area contributed by atoms with Gasteiger partial charge in [-0.15, -0.1) is 0 Å². The Morgan fingerprint density at radius 3 is 2.32 bits per heavy atom. The van der Waals surface area contributed by atoms with Gasteiger partial charge in [0.05, 0.1) is 12.5 Å². The molecule has 0 aliphatic carbocycles. The maximum atomic E-state index is 10.2. The van der Waals surface area contributed by atoms with Gasteiger partial charge in [-0.05, 0) is 47.9 Å². The topological polar surface area (TPSA) is 58.9 Å². The maximum Gasteiger partial charge on any atom is 0.139 e. The summed E-state index contributed by atoms with van der Waals surface area (Å²) in [7, 11) is 1.58. The lowest BCUT2D eigenvalue weighted by Gasteiger charge is -2.13. The number of phenols is 2. The Hall–Kier alpha value is -3.40. The molecule has 0 amide bonds. The molecule has 4 nitrogen and oxygen atoms in total. The molecule has 0 unspecified atom stereocenters. The van der Waals surface area contributed by atoms with Crippen molar-refractivity contribution < 1.29 is 19.7 Å². The predicted molar refractivity (Wildman–Crippen MR) is 97.9 cm³/mol. The van der Waals surface area contributed by atoms with Crippen molar-refractivity contribution in [1.82, 2.24) is 0 Å². The summed E-state index contributed by atoms with van der Waals surface area (Å²) in [6.45, 7) is 0. The van der Waals surface area contributed by atoms with E-state index in [0.717, 1.165) is 10.8 Å². The Kier molecular flexibility index (Phi) is 3.58. The van der Waals surface area contributed by atoms with Crippen LogP contribution in [0.3, 0.4) is 0 Å². The second-order valence-electron chi connectivity index (χ2n) is 5.73. The van der Waals surface area contributed by atoms with E-state index in [-0.39, 0.29) is 11.5 Å². The van der Waals surface area contributed by atoms with Crippen LogP contribution in [0.4, 0.5) is 0 Å². The van der Waals surface area contributed by atoms with Crippen LogP contribution in [0.5, 0.6) is 28.7 Å². The summed E-state index contributed by atoms with van der Waals surface area (Å²) in [5.74, 6) is 2.12. The number of fused-ring (bicyclic) bond motifs is 2. The van der Waals surface area contributed by atoms with Crippen molar-refractivity contribution in [2.45, 2.75) is 0 Å². The van der Waals surface area contributed by atoms with Crippen LogP contribution < -0.4 is 9.47 Å². The van der Waals surface area contributed by atoms with Crippen LogP contribution in [-0.2, 0) is 0 Å². The number of aromatic hydroxyl groups is 2. The van der Waals surface area contributed by atoms with Crippen LogP contribution in [-0.4, -0.2) is 17.3 Å². The summed E-state index contributed by atoms with van der Waals surface area (Å²) in [5.41, 5.74) is 0. The smallest absolute Gasteiger partial charge is 0.139 e. The lowest BCUT2D eigenvalue weighted by molar-refractivity contribution is 0.415. The molecule has 0 spiro atoms. The maximum absolute atomic E-state index is 10.2. The molecule has 0 fully saturated rings. The Morgan fingerprint density at radius 1 is 0.720 bits per heavy atom. The first-order valence-electron chi connectivity index (χ1n) is 7.85. The Bertz CT molecular complexity index is 1080. The van der Waals surface area contributed by atoms with E-state index in [0.29, 0.717) is 28.0 Å². The second-order valence-corrected chi connectivity index (χ2v) is 5.73. The Balaban J connectivity index is 1.89. The number of phenolic OH excluding ortho intramolecular Hbond substituents is 2. The average molecular weight is 332 g/mol. The third-order valence-electron chi connectivity index (χ3n) is 4.23. The molecule has 4 aromatic carbocycles. The standard InChI is InChI=1S/C21H16O4/c1-24-14-8-9-15-16(12-14)17(22)10-11-19(15)25-20-7-3-5-13-4-2-6-18(23)21(13)20/h2-12,22-23H,1H3. The molecule has 0 aliphatic rings. The van der Waals surface area contributed by atoms with E-state index in [1.807, 2.05) is 36.4 Å². The fourth-order valence-electron chi connectivity index (χ4n) is 2.99. The van der Waals surface area contributed by atoms with Gasteiger partial charge in [0.1, 0.15) is 28.7 Å². The van der Waals surface area contributed by atoms with E-state index in [4.69, 9.17) is 9.47 Å². The molecule has 4 rings (SSSR count). The molecule has 0 radical (unpaired) electrons. The first-order chi connectivity index (χ1) is 12.2. The highest BCUT2D eigenvalue weighted by atomic mass is 16.5. The molecule has 0 atom stereocenters. The van der Waals surface area contributed by atoms with E-state index in [2.05, 4.69) is 0 Å². The number of ether oxygens (including phenoxy) is 2. The molecule has 4 heteroatoms. The van der Waals surface area contributed by atoms with E-state index < -0.39 is 0 Å². The molecular formula is C21H16O4. The zero-order valence-electron chi connectivity index (χ0n) is 13.6. The fraction of sp³-hybridized carbons (Fsp3) is 0.0476. The highest BCUT2D eigenvalue weighted by Crippen LogP contribution is 2.40. The summed E-state index contributed by atoms with van der Waals surface area (Å²) >= 11 is 0. The van der Waals surface area contributed by atoms with Crippen LogP contribution in [0.2, 0.25) is 0 Å². The highest BCUT2D eigenvalue weighted by Gasteiger charge is 2.12. The third kappa shape index (κ3) is 2.58. The molecule has 0 saturated heterocycles. The van der Waals surface area contributed by atoms with E-state index in [1.54, 1.807) is 37.4 Å². The van der Waals surface area contributed by atoms with Gasteiger partial charge in [0.2, 0.25) is 0 Å². The van der Waals surface area contributed by atoms with E-state index in [9.17, 15) is 10.2 Å². The monoisotopic (exact) mass is 332 g/mol. The second kappa shape index (κ2) is 5.91. The van der Waals surface area contributed by atoms with Crippen molar-refractivity contribution in [3.63, 3.8) is 0 Å². The first kappa shape index (κ1) is 15.1. The van der Waals surface area contributed by atoms with Gasteiger partial charge in [-0.3, -0.25) is 0 Å². The van der Waals surface area contributed by atoms with Crippen LogP contribution in [0, 0.1) is 0 Å². The van der Waals surface area contributed by atoms with Crippen molar-refractivity contribution in [2.75, 3.05) is 7.11 Å². The van der Waals surface area contributed by atoms with Gasteiger partial charge in [-0.2, -0.15) is 0 Å². The number of rotatable bonds is 3. The van der Waals surface area contributed by atoms with Gasteiger partial charge in [0.25, 0.3) is 0 Å². The van der Waals surface area contributed by atoms with Crippen molar-refractivity contribution in [1.29, 1.82) is 0 Å². The van der Waals surface area contributed by atoms with E-state index >= 15 is 0 Å². The van der Waals surface area contributed by atoms with Crippen LogP contribution in [0.1, 0.15) is 0 Å². The van der Waals surface area contributed by atoms with Crippen molar-refractivity contribution in [2.24, 2.45) is 0 Å². The number of hydrogen-bond acceptors (Lipinski definition) is 4. The lowest BCUT2D eigenvalue weighted by atomic mass is 10.1. The van der Waals surface area contributed by atoms with Gasteiger partial charge >= 0.3 is 0 Å². The molecule has 124 valence electrons. The van der Waals surface area contributed by atoms with Gasteiger partial charge in [0.15, 0.2) is 0 Å². The van der Waals surface area contributed by atoms with Gasteiger partial charge in [-0.1, -0.05) is 24.3 Å². The van der Waals surface area contributed by atoms with Gasteiger partial charge < -0.3 is 19.7 Å². The zero-order valence-corrected chi connectivity index (χ0v) is 13.6. The predicted octanol–water partition coefficient (Wildman–Crippen LogP) is 5.21. The normalized spacial score (nSPS) is 10.9. The number of methoxy groups -OCH3 is 1. The fourth-order valence-corrected chi connectivity index (χ4v) is 2.99. The zero-order chi connectivity index (χ0) is 17.4. The SMILES string of the molecule is COc1ccc2c(Oc3cccc4cccc(O)c34)ccc(O)c2c1. The molecule has 2 N–H and O–H groups in total. The summed E-state index contributed by atoms with van der Waals surface area (Å²) in [6, 6.07) is 19.7. The first-order valence-corrected chi connectivity index (χ1v) is 7.85. The summed E-state index contributed by atoms with van der Waals surface area (Å²) < 4.78 is 11.3. The Morgan fingerprint density at radius 2 is 1.52 bits per heavy atom. The Labute approximate surface area is 144 Å². The molecule has 25 heavy (non-hydrogen) atoms. The molecular weight excluding hydrogens is 316 g/mol. The molecule has 0 heterocycles. The van der Waals surface area contributed by atoms with Crippen molar-refractivity contribution in [3.05, 3.63) is 66.7 Å². The summed E-state index contributed by atoms with van der Waals surface area (Å²) in [6.07, 6.45) is 0. The van der Waals surface area contributed by atoms with Crippen molar-refractivity contribution >= 4 is 21.5 Å². The largest absolute Gasteiger partial charge is 0.507 e. The lowest BCUT2D eigenvalue weighted by Crippen LogP contribution is -1.89. The van der Waals surface area contributed by atoms with Crippen LogP contribution >= 0.6 is 0 Å². The molecule has 0 aliphatic heterocycles. The van der Waals surface area contributed by atoms with Gasteiger partial charge in [0, 0.05) is 10.8 Å². The molecule has 0 saturated carbocycles.